The minimum Gasteiger partial charge on any atom is -0.328 e. The number of quaternary nitrogens is 2. The van der Waals surface area contributed by atoms with Crippen LogP contribution in [-0.4, -0.2) is 51.7 Å². The van der Waals surface area contributed by atoms with Crippen molar-refractivity contribution in [2.45, 2.75) is 25.8 Å². The second kappa shape index (κ2) is 6.16. The van der Waals surface area contributed by atoms with E-state index < -0.39 is 0 Å². The highest BCUT2D eigenvalue weighted by molar-refractivity contribution is 5.96. The predicted octanol–water partition coefficient (Wildman–Crippen LogP) is -1.23. The number of fused-ring (bicyclic) bond motifs is 1. The van der Waals surface area contributed by atoms with Crippen molar-refractivity contribution in [3.05, 3.63) is 29.8 Å². The molecule has 4 heteroatoms. The van der Waals surface area contributed by atoms with Crippen LogP contribution in [0.5, 0.6) is 0 Å². The van der Waals surface area contributed by atoms with Gasteiger partial charge in [-0.05, 0) is 25.0 Å². The zero-order chi connectivity index (χ0) is 14.8. The molecule has 3 rings (SSSR count). The van der Waals surface area contributed by atoms with Crippen molar-refractivity contribution in [3.8, 4) is 0 Å². The standard InChI is InChI=1S/C17H25N3O/c1-14-13-15-5-3-4-6-16(15)20(14)17(21)7-8-19-11-9-18(2)10-12-19/h3-6,14H,7-13H2,1-2H3/p+2/t14-/m0/s1. The van der Waals surface area contributed by atoms with Crippen molar-refractivity contribution >= 4 is 11.6 Å². The fourth-order valence-electron chi connectivity index (χ4n) is 3.63. The third-order valence-corrected chi connectivity index (χ3v) is 4.98. The number of nitrogens with zero attached hydrogens (tertiary/aromatic N) is 1. The van der Waals surface area contributed by atoms with Crippen molar-refractivity contribution in [2.75, 3.05) is 44.7 Å². The Kier molecular flexibility index (Phi) is 4.27. The molecule has 2 aliphatic heterocycles. The molecule has 2 aliphatic rings. The van der Waals surface area contributed by atoms with Gasteiger partial charge in [-0.1, -0.05) is 18.2 Å². The number of benzene rings is 1. The quantitative estimate of drug-likeness (QED) is 0.717. The Balaban J connectivity index is 1.58. The largest absolute Gasteiger partial charge is 0.328 e. The summed E-state index contributed by atoms with van der Waals surface area (Å²) in [6, 6.07) is 8.64. The zero-order valence-corrected chi connectivity index (χ0v) is 13.2. The lowest BCUT2D eigenvalue weighted by molar-refractivity contribution is -1.00. The zero-order valence-electron chi connectivity index (χ0n) is 13.2. The van der Waals surface area contributed by atoms with E-state index in [1.165, 1.54) is 31.7 Å². The van der Waals surface area contributed by atoms with E-state index in [-0.39, 0.29) is 0 Å². The van der Waals surface area contributed by atoms with Crippen LogP contribution in [0.4, 0.5) is 5.69 Å². The molecule has 21 heavy (non-hydrogen) atoms. The molecule has 0 radical (unpaired) electrons. The van der Waals surface area contributed by atoms with Crippen LogP contribution in [0.15, 0.2) is 24.3 Å². The average Bonchev–Trinajstić information content (AvgIpc) is 2.82. The molecule has 1 atom stereocenters. The molecule has 1 amide bonds. The highest BCUT2D eigenvalue weighted by Crippen LogP contribution is 2.31. The monoisotopic (exact) mass is 289 g/mol. The second-order valence-corrected chi connectivity index (χ2v) is 6.65. The molecular formula is C17H27N3O+2. The number of anilines is 1. The van der Waals surface area contributed by atoms with E-state index in [4.69, 9.17) is 0 Å². The van der Waals surface area contributed by atoms with Gasteiger partial charge in [0.15, 0.2) is 0 Å². The summed E-state index contributed by atoms with van der Waals surface area (Å²) < 4.78 is 0. The van der Waals surface area contributed by atoms with Gasteiger partial charge in [-0.15, -0.1) is 0 Å². The first-order chi connectivity index (χ1) is 10.1. The molecule has 114 valence electrons. The molecule has 0 aromatic heterocycles. The summed E-state index contributed by atoms with van der Waals surface area (Å²) in [5.74, 6) is 0.297. The minimum absolute atomic E-state index is 0.297. The van der Waals surface area contributed by atoms with Crippen LogP contribution in [0.1, 0.15) is 18.9 Å². The number of nitrogens with one attached hydrogen (secondary N) is 2. The van der Waals surface area contributed by atoms with E-state index in [0.717, 1.165) is 18.7 Å². The number of carbonyl (C=O) groups excluding carboxylic acids is 1. The molecule has 2 N–H and O–H groups in total. The summed E-state index contributed by atoms with van der Waals surface area (Å²) in [7, 11) is 2.25. The first-order valence-corrected chi connectivity index (χ1v) is 8.20. The number of amides is 1. The van der Waals surface area contributed by atoms with E-state index >= 15 is 0 Å². The number of hydrogen-bond donors (Lipinski definition) is 2. The molecular weight excluding hydrogens is 262 g/mol. The maximum Gasteiger partial charge on any atom is 0.232 e. The van der Waals surface area contributed by atoms with Crippen molar-refractivity contribution < 1.29 is 14.6 Å². The lowest BCUT2D eigenvalue weighted by Gasteiger charge is -2.28. The van der Waals surface area contributed by atoms with Gasteiger partial charge in [0.05, 0.1) is 20.0 Å². The van der Waals surface area contributed by atoms with Gasteiger partial charge in [0.2, 0.25) is 5.91 Å². The van der Waals surface area contributed by atoms with Gasteiger partial charge in [-0.3, -0.25) is 4.79 Å². The summed E-state index contributed by atoms with van der Waals surface area (Å²) >= 11 is 0. The molecule has 0 aliphatic carbocycles. The first-order valence-electron chi connectivity index (χ1n) is 8.20. The average molecular weight is 289 g/mol. The summed E-state index contributed by atoms with van der Waals surface area (Å²) in [5.41, 5.74) is 2.45. The summed E-state index contributed by atoms with van der Waals surface area (Å²) in [4.78, 5) is 17.9. The van der Waals surface area contributed by atoms with Gasteiger partial charge in [0, 0.05) is 11.7 Å². The van der Waals surface area contributed by atoms with E-state index in [0.29, 0.717) is 18.4 Å². The fourth-order valence-corrected chi connectivity index (χ4v) is 3.63. The first kappa shape index (κ1) is 14.5. The maximum atomic E-state index is 12.6. The lowest BCUT2D eigenvalue weighted by atomic mass is 10.1. The molecule has 1 aromatic carbocycles. The van der Waals surface area contributed by atoms with Crippen molar-refractivity contribution in [1.82, 2.24) is 0 Å². The Hall–Kier alpha value is -1.39. The highest BCUT2D eigenvalue weighted by atomic mass is 16.2. The summed E-state index contributed by atoms with van der Waals surface area (Å²) in [5, 5.41) is 0. The van der Waals surface area contributed by atoms with Crippen LogP contribution in [-0.2, 0) is 11.2 Å². The highest BCUT2D eigenvalue weighted by Gasteiger charge is 2.31. The smallest absolute Gasteiger partial charge is 0.232 e. The van der Waals surface area contributed by atoms with Crippen molar-refractivity contribution in [3.63, 3.8) is 0 Å². The van der Waals surface area contributed by atoms with Gasteiger partial charge >= 0.3 is 0 Å². The van der Waals surface area contributed by atoms with Crippen LogP contribution in [0.2, 0.25) is 0 Å². The van der Waals surface area contributed by atoms with E-state index in [9.17, 15) is 4.79 Å². The Morgan fingerprint density at radius 3 is 2.71 bits per heavy atom. The van der Waals surface area contributed by atoms with E-state index in [2.05, 4.69) is 32.2 Å². The third kappa shape index (κ3) is 3.11. The number of rotatable bonds is 3. The Morgan fingerprint density at radius 2 is 1.95 bits per heavy atom. The Morgan fingerprint density at radius 1 is 1.24 bits per heavy atom. The van der Waals surface area contributed by atoms with Crippen LogP contribution in [0.25, 0.3) is 0 Å². The molecule has 2 heterocycles. The number of carbonyl (C=O) groups is 1. The van der Waals surface area contributed by atoms with Gasteiger partial charge in [0.1, 0.15) is 26.2 Å². The number of para-hydroxylation sites is 1. The summed E-state index contributed by atoms with van der Waals surface area (Å²) in [6.45, 7) is 8.00. The van der Waals surface area contributed by atoms with E-state index in [1.807, 2.05) is 11.0 Å². The Labute approximate surface area is 127 Å². The van der Waals surface area contributed by atoms with Crippen molar-refractivity contribution in [1.29, 1.82) is 0 Å². The van der Waals surface area contributed by atoms with Crippen LogP contribution in [0.3, 0.4) is 0 Å². The van der Waals surface area contributed by atoms with Gasteiger partial charge in [0.25, 0.3) is 0 Å². The predicted molar refractivity (Wildman–Crippen MR) is 83.9 cm³/mol. The minimum atomic E-state index is 0.297. The van der Waals surface area contributed by atoms with Crippen LogP contribution in [0, 0.1) is 0 Å². The SMILES string of the molecule is C[C@H]1Cc2ccccc2N1C(=O)CC[NH+]1CC[NH+](C)CC1. The Bertz CT molecular complexity index is 509. The summed E-state index contributed by atoms with van der Waals surface area (Å²) in [6.07, 6.45) is 1.67. The molecule has 0 spiro atoms. The molecule has 1 fully saturated rings. The van der Waals surface area contributed by atoms with Crippen LogP contribution >= 0.6 is 0 Å². The normalized spacial score (nSPS) is 28.5. The topological polar surface area (TPSA) is 29.2 Å². The molecule has 1 aromatic rings. The molecule has 0 unspecified atom stereocenters. The maximum absolute atomic E-state index is 12.6. The molecule has 4 nitrogen and oxygen atoms in total. The van der Waals surface area contributed by atoms with Gasteiger partial charge < -0.3 is 14.7 Å². The van der Waals surface area contributed by atoms with Gasteiger partial charge in [-0.2, -0.15) is 0 Å². The number of piperazine rings is 1. The molecule has 1 saturated heterocycles. The van der Waals surface area contributed by atoms with Gasteiger partial charge in [-0.25, -0.2) is 0 Å². The number of hydrogen-bond acceptors (Lipinski definition) is 1. The van der Waals surface area contributed by atoms with E-state index in [1.54, 1.807) is 9.80 Å². The van der Waals surface area contributed by atoms with Crippen LogP contribution < -0.4 is 14.7 Å². The lowest BCUT2D eigenvalue weighted by Crippen LogP contribution is -3.27. The fraction of sp³-hybridized carbons (Fsp3) is 0.588. The third-order valence-electron chi connectivity index (χ3n) is 4.98. The second-order valence-electron chi connectivity index (χ2n) is 6.65. The van der Waals surface area contributed by atoms with Crippen molar-refractivity contribution in [2.24, 2.45) is 0 Å². The molecule has 0 bridgehead atoms. The number of likely N-dealkylation sites (N-methyl/N-ethyl adjacent to an activating group) is 1. The molecule has 0 saturated carbocycles.